The van der Waals surface area contributed by atoms with E-state index in [2.05, 4.69) is 34.1 Å². The van der Waals surface area contributed by atoms with E-state index in [0.717, 1.165) is 19.6 Å². The highest BCUT2D eigenvalue weighted by Crippen LogP contribution is 2.24. The van der Waals surface area contributed by atoms with E-state index < -0.39 is 29.9 Å². The van der Waals surface area contributed by atoms with Crippen LogP contribution >= 0.6 is 0 Å². The highest BCUT2D eigenvalue weighted by molar-refractivity contribution is 5.97. The van der Waals surface area contributed by atoms with Gasteiger partial charge in [-0.1, -0.05) is 5.92 Å². The molecule has 1 aromatic carbocycles. The molecular weight excluding hydrogens is 410 g/mol. The fourth-order valence-corrected chi connectivity index (χ4v) is 2.48. The van der Waals surface area contributed by atoms with Crippen LogP contribution in [0.25, 0.3) is 0 Å². The van der Waals surface area contributed by atoms with Gasteiger partial charge in [0.05, 0.1) is 11.8 Å². The number of carbonyl (C=O) groups is 2. The third kappa shape index (κ3) is 5.89. The molecule has 3 N–H and O–H groups in total. The second-order valence-corrected chi connectivity index (χ2v) is 6.55. The number of methoxy groups -OCH3 is 1. The van der Waals surface area contributed by atoms with Crippen molar-refractivity contribution in [3.05, 3.63) is 53.3 Å². The first kappa shape index (κ1) is 23.5. The number of benzene rings is 1. The van der Waals surface area contributed by atoms with Crippen LogP contribution in [0.2, 0.25) is 0 Å². The van der Waals surface area contributed by atoms with Gasteiger partial charge >= 0.3 is 0 Å². The maximum Gasteiger partial charge on any atom is 0.269 e. The van der Waals surface area contributed by atoms with Gasteiger partial charge in [0.2, 0.25) is 0 Å². The molecule has 2 atom stereocenters. The lowest BCUT2D eigenvalue weighted by Crippen LogP contribution is -2.62. The van der Waals surface area contributed by atoms with E-state index in [1.165, 1.54) is 29.7 Å². The Morgan fingerprint density at radius 2 is 1.81 bits per heavy atom. The molecule has 2 rings (SSSR count). The molecule has 31 heavy (non-hydrogen) atoms. The van der Waals surface area contributed by atoms with Gasteiger partial charge in [-0.3, -0.25) is 19.5 Å². The number of rotatable bonds is 6. The maximum atomic E-state index is 13.4. The van der Waals surface area contributed by atoms with Crippen molar-refractivity contribution in [1.29, 1.82) is 0 Å². The molecule has 0 aliphatic carbocycles. The molecule has 2 amide bonds. The first-order valence-electron chi connectivity index (χ1n) is 8.90. The molecule has 10 heteroatoms. The fraction of sp³-hybridized carbons (Fsp3) is 0.286. The quantitative estimate of drug-likeness (QED) is 0.362. The largest absolute Gasteiger partial charge is 0.370 e. The molecule has 0 fully saturated rings. The van der Waals surface area contributed by atoms with Gasteiger partial charge < -0.3 is 10.1 Å². The van der Waals surface area contributed by atoms with Gasteiger partial charge in [0.25, 0.3) is 18.2 Å². The Balaban J connectivity index is 2.13. The summed E-state index contributed by atoms with van der Waals surface area (Å²) in [5.41, 5.74) is 0.282. The minimum atomic E-state index is -3.12. The van der Waals surface area contributed by atoms with Crippen molar-refractivity contribution >= 4 is 11.8 Å². The van der Waals surface area contributed by atoms with Crippen LogP contribution in [0.4, 0.5) is 8.78 Å². The lowest BCUT2D eigenvalue weighted by molar-refractivity contribution is -0.157. The van der Waals surface area contributed by atoms with E-state index in [9.17, 15) is 18.4 Å². The third-order valence-electron chi connectivity index (χ3n) is 4.42. The Kier molecular flexibility index (Phi) is 7.86. The molecule has 8 nitrogen and oxygen atoms in total. The van der Waals surface area contributed by atoms with E-state index in [4.69, 9.17) is 9.94 Å². The van der Waals surface area contributed by atoms with Crippen LogP contribution in [-0.4, -0.2) is 52.0 Å². The van der Waals surface area contributed by atoms with E-state index in [1.807, 2.05) is 0 Å². The number of alkyl halides is 2. The number of halogens is 2. The lowest BCUT2D eigenvalue weighted by atomic mass is 9.95. The topological polar surface area (TPSA) is 105 Å². The van der Waals surface area contributed by atoms with Gasteiger partial charge in [0, 0.05) is 31.5 Å². The molecule has 1 aromatic heterocycles. The van der Waals surface area contributed by atoms with E-state index in [0.29, 0.717) is 5.56 Å². The molecule has 1 heterocycles. The summed E-state index contributed by atoms with van der Waals surface area (Å²) < 4.78 is 33.2. The number of carbonyl (C=O) groups excluding carboxylic acids is 2. The Labute approximate surface area is 177 Å². The number of amides is 2. The van der Waals surface area contributed by atoms with E-state index in [-0.39, 0.29) is 5.56 Å². The second kappa shape index (κ2) is 10.3. The number of aryl methyl sites for hydroxylation is 1. The normalized spacial score (nSPS) is 13.1. The van der Waals surface area contributed by atoms with Crippen LogP contribution in [0.1, 0.15) is 28.4 Å². The number of nitrogens with zero attached hydrogens (tertiary/aromatic N) is 2. The molecule has 0 saturated heterocycles. The van der Waals surface area contributed by atoms with Crippen molar-refractivity contribution in [3.63, 3.8) is 0 Å². The molecule has 2 aromatic rings. The Bertz CT molecular complexity index is 1060. The third-order valence-corrected chi connectivity index (χ3v) is 4.42. The van der Waals surface area contributed by atoms with Gasteiger partial charge in [-0.25, -0.2) is 14.3 Å². The number of hydroxylamine groups is 1. The molecule has 162 valence electrons. The second-order valence-electron chi connectivity index (χ2n) is 6.55. The first-order chi connectivity index (χ1) is 14.7. The van der Waals surface area contributed by atoms with Gasteiger partial charge in [0.15, 0.2) is 5.60 Å². The van der Waals surface area contributed by atoms with Gasteiger partial charge in [-0.2, -0.15) is 5.10 Å². The number of aromatic nitrogens is 2. The highest BCUT2D eigenvalue weighted by Gasteiger charge is 2.48. The van der Waals surface area contributed by atoms with Crippen LogP contribution in [-0.2, 0) is 16.6 Å². The predicted octanol–water partition coefficient (Wildman–Crippen LogP) is 1.10. The number of ether oxygens (including phenoxy) is 1. The summed E-state index contributed by atoms with van der Waals surface area (Å²) in [5.74, 6) is 8.94. The van der Waals surface area contributed by atoms with Crippen LogP contribution in [0.15, 0.2) is 36.7 Å². The summed E-state index contributed by atoms with van der Waals surface area (Å²) in [4.78, 5) is 24.3. The maximum absolute atomic E-state index is 13.4. The van der Waals surface area contributed by atoms with Crippen molar-refractivity contribution in [2.24, 2.45) is 7.05 Å². The van der Waals surface area contributed by atoms with Crippen molar-refractivity contribution in [2.45, 2.75) is 25.0 Å². The summed E-state index contributed by atoms with van der Waals surface area (Å²) >= 11 is 0. The highest BCUT2D eigenvalue weighted by atomic mass is 19.3. The molecule has 0 aliphatic heterocycles. The lowest BCUT2D eigenvalue weighted by Gasteiger charge is -2.34. The van der Waals surface area contributed by atoms with Crippen molar-refractivity contribution in [3.8, 4) is 23.7 Å². The van der Waals surface area contributed by atoms with Crippen LogP contribution < -0.4 is 10.8 Å². The van der Waals surface area contributed by atoms with Gasteiger partial charge in [-0.15, -0.1) is 0 Å². The van der Waals surface area contributed by atoms with Crippen molar-refractivity contribution in [2.75, 3.05) is 7.11 Å². The number of hydrogen-bond acceptors (Lipinski definition) is 5. The van der Waals surface area contributed by atoms with E-state index in [1.54, 1.807) is 24.1 Å². The Morgan fingerprint density at radius 1 is 1.19 bits per heavy atom. The Morgan fingerprint density at radius 3 is 2.29 bits per heavy atom. The van der Waals surface area contributed by atoms with Crippen molar-refractivity contribution in [1.82, 2.24) is 20.6 Å². The average Bonchev–Trinajstić information content (AvgIpc) is 3.19. The van der Waals surface area contributed by atoms with Gasteiger partial charge in [-0.05, 0) is 49.0 Å². The van der Waals surface area contributed by atoms with Crippen LogP contribution in [0, 0.1) is 23.7 Å². The molecular formula is C21H20F2N4O4. The zero-order valence-corrected chi connectivity index (χ0v) is 16.9. The molecule has 0 radical (unpaired) electrons. The standard InChI is InChI=1S/C21H20F2N4O4/c1-21(31-3,20(22)23)17(19(29)26-30)25-18(28)16-10-8-14(9-11-16)6-4-5-7-15-12-24-27(2)13-15/h8-13,17,20,30H,1-3H3,(H,25,28)(H,26,29)/t17-,21?/m1/s1. The zero-order chi connectivity index (χ0) is 23.0. The Hall–Kier alpha value is -3.73. The summed E-state index contributed by atoms with van der Waals surface area (Å²) in [6.07, 6.45) is 0.231. The summed E-state index contributed by atoms with van der Waals surface area (Å²) in [7, 11) is 2.75. The van der Waals surface area contributed by atoms with Gasteiger partial charge in [0.1, 0.15) is 6.04 Å². The van der Waals surface area contributed by atoms with Crippen LogP contribution in [0.5, 0.6) is 0 Å². The minimum absolute atomic E-state index is 0.0930. The molecule has 0 saturated carbocycles. The number of hydrogen-bond donors (Lipinski definition) is 3. The number of nitrogens with one attached hydrogen (secondary N) is 2. The molecule has 0 bridgehead atoms. The van der Waals surface area contributed by atoms with Crippen LogP contribution in [0.3, 0.4) is 0 Å². The SMILES string of the molecule is COC(C)(C(F)F)[C@H](NC(=O)c1ccc(C#CC#Cc2cnn(C)c2)cc1)C(=O)NO. The molecule has 0 spiro atoms. The molecule has 1 unspecified atom stereocenters. The first-order valence-corrected chi connectivity index (χ1v) is 8.90. The summed E-state index contributed by atoms with van der Waals surface area (Å²) in [5, 5.41) is 15.0. The average molecular weight is 430 g/mol. The van der Waals surface area contributed by atoms with Crippen molar-refractivity contribution < 1.29 is 28.3 Å². The van der Waals surface area contributed by atoms with E-state index >= 15 is 0 Å². The fourth-order valence-electron chi connectivity index (χ4n) is 2.48. The molecule has 0 aliphatic rings. The minimum Gasteiger partial charge on any atom is -0.370 e. The summed E-state index contributed by atoms with van der Waals surface area (Å²) in [6, 6.07) is 4.05. The predicted molar refractivity (Wildman–Crippen MR) is 106 cm³/mol. The summed E-state index contributed by atoms with van der Waals surface area (Å²) in [6.45, 7) is 0.948. The zero-order valence-electron chi connectivity index (χ0n) is 16.9. The monoisotopic (exact) mass is 430 g/mol. The smallest absolute Gasteiger partial charge is 0.269 e.